The molecule has 0 aliphatic heterocycles. The van der Waals surface area contributed by atoms with Gasteiger partial charge in [-0.05, 0) is 43.9 Å². The highest BCUT2D eigenvalue weighted by atomic mass is 16.5. The second kappa shape index (κ2) is 5.60. The molecule has 5 heteroatoms. The Hall–Kier alpha value is -2.30. The zero-order valence-electron chi connectivity index (χ0n) is 12.1. The first-order valence-electron chi connectivity index (χ1n) is 7.28. The molecule has 2 N–H and O–H groups in total. The molecule has 1 heterocycles. The number of benzene rings is 1. The van der Waals surface area contributed by atoms with Gasteiger partial charge in [-0.1, -0.05) is 12.1 Å². The van der Waals surface area contributed by atoms with Gasteiger partial charge in [0.15, 0.2) is 0 Å². The Bertz CT molecular complexity index is 642. The molecule has 1 aromatic heterocycles. The minimum atomic E-state index is -0.313. The smallest absolute Gasteiger partial charge is 0.356 e. The van der Waals surface area contributed by atoms with Crippen molar-refractivity contribution in [1.82, 2.24) is 9.78 Å². The van der Waals surface area contributed by atoms with Crippen molar-refractivity contribution in [1.29, 1.82) is 0 Å². The quantitative estimate of drug-likeness (QED) is 0.677. The summed E-state index contributed by atoms with van der Waals surface area (Å²) in [6.07, 6.45) is 2.42. The number of nitrogens with two attached hydrogens (primary N) is 1. The standard InChI is InChI=1S/C16H19N3O2/c1-2-21-16(20)15-9-14(12-5-7-13(17)8-6-12)18-19(15)10-11-3-4-11/h5-9,11H,2-4,10,17H2,1H3. The van der Waals surface area contributed by atoms with Crippen LogP contribution in [0.25, 0.3) is 11.3 Å². The molecule has 1 aliphatic rings. The van der Waals surface area contributed by atoms with E-state index in [1.54, 1.807) is 17.7 Å². The van der Waals surface area contributed by atoms with E-state index in [1.165, 1.54) is 12.8 Å². The summed E-state index contributed by atoms with van der Waals surface area (Å²) >= 11 is 0. The van der Waals surface area contributed by atoms with Crippen LogP contribution < -0.4 is 5.73 Å². The number of nitrogen functional groups attached to an aromatic ring is 1. The lowest BCUT2D eigenvalue weighted by molar-refractivity contribution is 0.0511. The molecule has 0 amide bonds. The van der Waals surface area contributed by atoms with E-state index < -0.39 is 0 Å². The Kier molecular flexibility index (Phi) is 3.64. The topological polar surface area (TPSA) is 70.1 Å². The molecule has 1 aliphatic carbocycles. The summed E-state index contributed by atoms with van der Waals surface area (Å²) in [4.78, 5) is 12.1. The van der Waals surface area contributed by atoms with Crippen molar-refractivity contribution >= 4 is 11.7 Å². The SMILES string of the molecule is CCOC(=O)c1cc(-c2ccc(N)cc2)nn1CC1CC1. The van der Waals surface area contributed by atoms with Gasteiger partial charge in [0.1, 0.15) is 5.69 Å². The van der Waals surface area contributed by atoms with Crippen LogP contribution in [0, 0.1) is 5.92 Å². The summed E-state index contributed by atoms with van der Waals surface area (Å²) in [6.45, 7) is 2.95. The maximum Gasteiger partial charge on any atom is 0.356 e. The highest BCUT2D eigenvalue weighted by Gasteiger charge is 2.26. The van der Waals surface area contributed by atoms with Crippen molar-refractivity contribution in [3.05, 3.63) is 36.0 Å². The monoisotopic (exact) mass is 285 g/mol. The molecule has 5 nitrogen and oxygen atoms in total. The number of ether oxygens (including phenoxy) is 1. The van der Waals surface area contributed by atoms with E-state index in [9.17, 15) is 4.79 Å². The van der Waals surface area contributed by atoms with Gasteiger partial charge in [0.25, 0.3) is 0 Å². The Balaban J connectivity index is 1.93. The molecule has 1 aromatic carbocycles. The molecule has 1 fully saturated rings. The molecule has 0 unspecified atom stereocenters. The van der Waals surface area contributed by atoms with Crippen LogP contribution in [0.3, 0.4) is 0 Å². The van der Waals surface area contributed by atoms with Crippen LogP contribution in [0.2, 0.25) is 0 Å². The van der Waals surface area contributed by atoms with Crippen LogP contribution in [-0.4, -0.2) is 22.4 Å². The van der Waals surface area contributed by atoms with Gasteiger partial charge >= 0.3 is 5.97 Å². The summed E-state index contributed by atoms with van der Waals surface area (Å²) in [6, 6.07) is 9.28. The van der Waals surface area contributed by atoms with E-state index in [1.807, 2.05) is 24.3 Å². The lowest BCUT2D eigenvalue weighted by Gasteiger charge is -2.05. The largest absolute Gasteiger partial charge is 0.461 e. The average molecular weight is 285 g/mol. The molecule has 2 aromatic rings. The molecule has 0 radical (unpaired) electrons. The summed E-state index contributed by atoms with van der Waals surface area (Å²) in [5.41, 5.74) is 8.66. The van der Waals surface area contributed by atoms with Crippen molar-refractivity contribution in [3.8, 4) is 11.3 Å². The Labute approximate surface area is 123 Å². The van der Waals surface area contributed by atoms with Crippen molar-refractivity contribution in [2.75, 3.05) is 12.3 Å². The predicted molar refractivity (Wildman–Crippen MR) is 80.8 cm³/mol. The van der Waals surface area contributed by atoms with Gasteiger partial charge in [-0.25, -0.2) is 4.79 Å². The van der Waals surface area contributed by atoms with Crippen LogP contribution >= 0.6 is 0 Å². The number of carbonyl (C=O) groups excluding carboxylic acids is 1. The molecule has 3 rings (SSSR count). The molecule has 110 valence electrons. The molecule has 0 atom stereocenters. The van der Waals surface area contributed by atoms with E-state index in [0.717, 1.165) is 17.8 Å². The number of hydrogen-bond acceptors (Lipinski definition) is 4. The minimum Gasteiger partial charge on any atom is -0.461 e. The minimum absolute atomic E-state index is 0.313. The van der Waals surface area contributed by atoms with Crippen molar-refractivity contribution in [2.45, 2.75) is 26.3 Å². The highest BCUT2D eigenvalue weighted by Crippen LogP contribution is 2.31. The first-order valence-corrected chi connectivity index (χ1v) is 7.28. The molecule has 21 heavy (non-hydrogen) atoms. The fourth-order valence-corrected chi connectivity index (χ4v) is 2.27. The van der Waals surface area contributed by atoms with Gasteiger partial charge in [0.05, 0.1) is 12.3 Å². The van der Waals surface area contributed by atoms with E-state index in [4.69, 9.17) is 10.5 Å². The Morgan fingerprint density at radius 1 is 1.38 bits per heavy atom. The third-order valence-electron chi connectivity index (χ3n) is 3.60. The fourth-order valence-electron chi connectivity index (χ4n) is 2.27. The second-order valence-corrected chi connectivity index (χ2v) is 5.38. The normalized spacial score (nSPS) is 14.1. The van der Waals surface area contributed by atoms with Gasteiger partial charge in [0.2, 0.25) is 0 Å². The van der Waals surface area contributed by atoms with E-state index in [-0.39, 0.29) is 5.97 Å². The lowest BCUT2D eigenvalue weighted by Crippen LogP contribution is -2.14. The summed E-state index contributed by atoms with van der Waals surface area (Å²) in [5, 5.41) is 4.57. The number of carbonyl (C=O) groups is 1. The zero-order chi connectivity index (χ0) is 14.8. The fraction of sp³-hybridized carbons (Fsp3) is 0.375. The number of nitrogens with zero attached hydrogens (tertiary/aromatic N) is 2. The molecular weight excluding hydrogens is 266 g/mol. The second-order valence-electron chi connectivity index (χ2n) is 5.38. The van der Waals surface area contributed by atoms with Crippen molar-refractivity contribution < 1.29 is 9.53 Å². The molecular formula is C16H19N3O2. The summed E-state index contributed by atoms with van der Waals surface area (Å²) < 4.78 is 6.90. The van der Waals surface area contributed by atoms with Gasteiger partial charge in [-0.2, -0.15) is 5.10 Å². The van der Waals surface area contributed by atoms with Crippen molar-refractivity contribution in [3.63, 3.8) is 0 Å². The number of aromatic nitrogens is 2. The third kappa shape index (κ3) is 3.07. The van der Waals surface area contributed by atoms with Gasteiger partial charge < -0.3 is 10.5 Å². The molecule has 0 saturated heterocycles. The van der Waals surface area contributed by atoms with Crippen molar-refractivity contribution in [2.24, 2.45) is 5.92 Å². The average Bonchev–Trinajstić information content (AvgIpc) is 3.18. The van der Waals surface area contributed by atoms with E-state index in [0.29, 0.717) is 23.9 Å². The number of esters is 1. The first-order chi connectivity index (χ1) is 10.2. The van der Waals surface area contributed by atoms with E-state index in [2.05, 4.69) is 5.10 Å². The third-order valence-corrected chi connectivity index (χ3v) is 3.60. The van der Waals surface area contributed by atoms with Crippen LogP contribution in [0.5, 0.6) is 0 Å². The Morgan fingerprint density at radius 3 is 2.71 bits per heavy atom. The van der Waals surface area contributed by atoms with E-state index >= 15 is 0 Å². The lowest BCUT2D eigenvalue weighted by atomic mass is 10.1. The van der Waals surface area contributed by atoms with Crippen LogP contribution in [0.1, 0.15) is 30.3 Å². The maximum absolute atomic E-state index is 12.1. The maximum atomic E-state index is 12.1. The van der Waals surface area contributed by atoms with Gasteiger partial charge in [-0.15, -0.1) is 0 Å². The zero-order valence-corrected chi connectivity index (χ0v) is 12.1. The molecule has 0 bridgehead atoms. The number of hydrogen-bond donors (Lipinski definition) is 1. The number of anilines is 1. The van der Waals surface area contributed by atoms with Crippen LogP contribution in [-0.2, 0) is 11.3 Å². The predicted octanol–water partition coefficient (Wildman–Crippen LogP) is 2.72. The van der Waals surface area contributed by atoms with Gasteiger partial charge in [0, 0.05) is 17.8 Å². The highest BCUT2D eigenvalue weighted by molar-refractivity contribution is 5.89. The van der Waals surface area contributed by atoms with Crippen LogP contribution in [0.4, 0.5) is 5.69 Å². The summed E-state index contributed by atoms with van der Waals surface area (Å²) in [5.74, 6) is 0.324. The van der Waals surface area contributed by atoms with Crippen LogP contribution in [0.15, 0.2) is 30.3 Å². The van der Waals surface area contributed by atoms with Gasteiger partial charge in [-0.3, -0.25) is 4.68 Å². The molecule has 1 saturated carbocycles. The molecule has 0 spiro atoms. The number of rotatable bonds is 5. The summed E-state index contributed by atoms with van der Waals surface area (Å²) in [7, 11) is 0. The first kappa shape index (κ1) is 13.7. The Morgan fingerprint density at radius 2 is 2.10 bits per heavy atom.